The van der Waals surface area contributed by atoms with Gasteiger partial charge in [-0.2, -0.15) is 0 Å². The molecule has 0 fully saturated rings. The maximum atomic E-state index is 12.1. The third-order valence-corrected chi connectivity index (χ3v) is 2.99. The van der Waals surface area contributed by atoms with Crippen LogP contribution in [0.2, 0.25) is 0 Å². The average molecular weight is 286 g/mol. The molecule has 1 aromatic heterocycles. The van der Waals surface area contributed by atoms with Crippen LogP contribution in [-0.4, -0.2) is 43.1 Å². The second kappa shape index (κ2) is 7.28. The van der Waals surface area contributed by atoms with Crippen molar-refractivity contribution in [1.82, 2.24) is 9.88 Å². The van der Waals surface area contributed by atoms with Crippen molar-refractivity contribution < 1.29 is 14.3 Å². The minimum absolute atomic E-state index is 0.117. The monoisotopic (exact) mass is 286 g/mol. The Morgan fingerprint density at radius 3 is 2.48 bits per heavy atom. The van der Waals surface area contributed by atoms with Crippen molar-refractivity contribution >= 4 is 5.91 Å². The molecule has 1 amide bonds. The SMILES string of the molecule is COc1ccc(OCCN(C)C(=O)c2ccccn2)cc1. The van der Waals surface area contributed by atoms with Crippen LogP contribution in [0, 0.1) is 0 Å². The standard InChI is InChI=1S/C16H18N2O3/c1-18(16(19)15-5-3-4-10-17-15)11-12-21-14-8-6-13(20-2)7-9-14/h3-10H,11-12H2,1-2H3. The Kier molecular flexibility index (Phi) is 5.15. The molecule has 0 bridgehead atoms. The Balaban J connectivity index is 1.81. The van der Waals surface area contributed by atoms with Crippen molar-refractivity contribution in [3.63, 3.8) is 0 Å². The Bertz CT molecular complexity index is 570. The molecule has 0 atom stereocenters. The molecule has 0 spiro atoms. The molecule has 21 heavy (non-hydrogen) atoms. The molecule has 1 heterocycles. The van der Waals surface area contributed by atoms with Crippen LogP contribution in [0.4, 0.5) is 0 Å². The van der Waals surface area contributed by atoms with Gasteiger partial charge in [-0.15, -0.1) is 0 Å². The summed E-state index contributed by atoms with van der Waals surface area (Å²) in [6.07, 6.45) is 1.61. The van der Waals surface area contributed by atoms with E-state index in [2.05, 4.69) is 4.98 Å². The number of hydrogen-bond donors (Lipinski definition) is 0. The number of pyridine rings is 1. The molecule has 5 nitrogen and oxygen atoms in total. The Morgan fingerprint density at radius 1 is 1.14 bits per heavy atom. The molecule has 1 aromatic carbocycles. The van der Waals surface area contributed by atoms with Gasteiger partial charge in [0.05, 0.1) is 13.7 Å². The molecular weight excluding hydrogens is 268 g/mol. The summed E-state index contributed by atoms with van der Waals surface area (Å²) in [6.45, 7) is 0.906. The summed E-state index contributed by atoms with van der Waals surface area (Å²) in [6, 6.07) is 12.6. The second-order valence-electron chi connectivity index (χ2n) is 4.47. The van der Waals surface area contributed by atoms with E-state index in [1.54, 1.807) is 43.5 Å². The summed E-state index contributed by atoms with van der Waals surface area (Å²) in [4.78, 5) is 17.7. The van der Waals surface area contributed by atoms with Gasteiger partial charge in [0.2, 0.25) is 0 Å². The lowest BCUT2D eigenvalue weighted by Crippen LogP contribution is -2.31. The van der Waals surface area contributed by atoms with Gasteiger partial charge in [-0.25, -0.2) is 0 Å². The molecule has 0 aliphatic heterocycles. The Morgan fingerprint density at radius 2 is 1.86 bits per heavy atom. The maximum Gasteiger partial charge on any atom is 0.272 e. The van der Waals surface area contributed by atoms with E-state index < -0.39 is 0 Å². The third-order valence-electron chi connectivity index (χ3n) is 2.99. The van der Waals surface area contributed by atoms with Crippen molar-refractivity contribution in [2.24, 2.45) is 0 Å². The summed E-state index contributed by atoms with van der Waals surface area (Å²) < 4.78 is 10.7. The molecule has 0 saturated heterocycles. The van der Waals surface area contributed by atoms with Crippen LogP contribution in [-0.2, 0) is 0 Å². The molecule has 0 N–H and O–H groups in total. The van der Waals surface area contributed by atoms with E-state index in [4.69, 9.17) is 9.47 Å². The molecule has 2 aromatic rings. The van der Waals surface area contributed by atoms with Crippen LogP contribution in [0.15, 0.2) is 48.7 Å². The van der Waals surface area contributed by atoms with E-state index in [1.807, 2.05) is 24.3 Å². The van der Waals surface area contributed by atoms with Crippen LogP contribution in [0.3, 0.4) is 0 Å². The fourth-order valence-corrected chi connectivity index (χ4v) is 1.76. The topological polar surface area (TPSA) is 51.7 Å². The van der Waals surface area contributed by atoms with Crippen molar-refractivity contribution in [3.8, 4) is 11.5 Å². The molecule has 0 unspecified atom stereocenters. The number of likely N-dealkylation sites (N-methyl/N-ethyl adjacent to an activating group) is 1. The number of nitrogens with zero attached hydrogens (tertiary/aromatic N) is 2. The summed E-state index contributed by atoms with van der Waals surface area (Å²) in [5.74, 6) is 1.41. The van der Waals surface area contributed by atoms with Crippen LogP contribution in [0.1, 0.15) is 10.5 Å². The minimum atomic E-state index is -0.117. The summed E-state index contributed by atoms with van der Waals surface area (Å²) in [5, 5.41) is 0. The zero-order chi connectivity index (χ0) is 15.1. The zero-order valence-electron chi connectivity index (χ0n) is 12.2. The first-order valence-corrected chi connectivity index (χ1v) is 6.64. The Labute approximate surface area is 124 Å². The number of hydrogen-bond acceptors (Lipinski definition) is 4. The van der Waals surface area contributed by atoms with E-state index in [1.165, 1.54) is 0 Å². The lowest BCUT2D eigenvalue weighted by Gasteiger charge is -2.17. The van der Waals surface area contributed by atoms with E-state index >= 15 is 0 Å². The van der Waals surface area contributed by atoms with Gasteiger partial charge in [-0.3, -0.25) is 9.78 Å². The highest BCUT2D eigenvalue weighted by Gasteiger charge is 2.12. The van der Waals surface area contributed by atoms with E-state index in [0.29, 0.717) is 18.8 Å². The van der Waals surface area contributed by atoms with Gasteiger partial charge in [-0.05, 0) is 36.4 Å². The summed E-state index contributed by atoms with van der Waals surface area (Å²) in [7, 11) is 3.35. The number of benzene rings is 1. The third kappa shape index (κ3) is 4.21. The van der Waals surface area contributed by atoms with E-state index in [9.17, 15) is 4.79 Å². The van der Waals surface area contributed by atoms with Gasteiger partial charge in [0, 0.05) is 13.2 Å². The number of amides is 1. The molecular formula is C16H18N2O3. The predicted octanol–water partition coefficient (Wildman–Crippen LogP) is 2.24. The van der Waals surface area contributed by atoms with E-state index in [0.717, 1.165) is 11.5 Å². The normalized spacial score (nSPS) is 10.0. The van der Waals surface area contributed by atoms with Crippen molar-refractivity contribution in [2.45, 2.75) is 0 Å². The molecule has 110 valence electrons. The van der Waals surface area contributed by atoms with E-state index in [-0.39, 0.29) is 5.91 Å². The second-order valence-corrected chi connectivity index (χ2v) is 4.47. The minimum Gasteiger partial charge on any atom is -0.497 e. The lowest BCUT2D eigenvalue weighted by atomic mass is 10.3. The van der Waals surface area contributed by atoms with Gasteiger partial charge in [0.25, 0.3) is 5.91 Å². The zero-order valence-corrected chi connectivity index (χ0v) is 12.2. The van der Waals surface area contributed by atoms with Gasteiger partial charge in [-0.1, -0.05) is 6.07 Å². The van der Waals surface area contributed by atoms with Crippen LogP contribution in [0.25, 0.3) is 0 Å². The highest BCUT2D eigenvalue weighted by Crippen LogP contribution is 2.16. The largest absolute Gasteiger partial charge is 0.497 e. The number of carbonyl (C=O) groups excluding carboxylic acids is 1. The van der Waals surface area contributed by atoms with Crippen molar-refractivity contribution in [2.75, 3.05) is 27.3 Å². The molecule has 0 radical (unpaired) electrons. The molecule has 0 saturated carbocycles. The quantitative estimate of drug-likeness (QED) is 0.817. The van der Waals surface area contributed by atoms with Gasteiger partial charge in [0.15, 0.2) is 0 Å². The highest BCUT2D eigenvalue weighted by atomic mass is 16.5. The lowest BCUT2D eigenvalue weighted by molar-refractivity contribution is 0.0768. The van der Waals surface area contributed by atoms with Gasteiger partial charge in [0.1, 0.15) is 23.8 Å². The van der Waals surface area contributed by atoms with Gasteiger partial charge >= 0.3 is 0 Å². The number of rotatable bonds is 6. The fourth-order valence-electron chi connectivity index (χ4n) is 1.76. The molecule has 2 rings (SSSR count). The van der Waals surface area contributed by atoms with Crippen LogP contribution in [0.5, 0.6) is 11.5 Å². The number of methoxy groups -OCH3 is 1. The molecule has 5 heteroatoms. The first kappa shape index (κ1) is 14.8. The first-order valence-electron chi connectivity index (χ1n) is 6.64. The smallest absolute Gasteiger partial charge is 0.272 e. The molecule has 0 aliphatic carbocycles. The van der Waals surface area contributed by atoms with Crippen LogP contribution < -0.4 is 9.47 Å². The van der Waals surface area contributed by atoms with Crippen LogP contribution >= 0.6 is 0 Å². The first-order chi connectivity index (χ1) is 10.2. The predicted molar refractivity (Wildman–Crippen MR) is 79.7 cm³/mol. The number of ether oxygens (including phenoxy) is 2. The highest BCUT2D eigenvalue weighted by molar-refractivity contribution is 5.92. The number of aromatic nitrogens is 1. The van der Waals surface area contributed by atoms with Crippen molar-refractivity contribution in [3.05, 3.63) is 54.4 Å². The maximum absolute atomic E-state index is 12.1. The Hall–Kier alpha value is -2.56. The number of carbonyl (C=O) groups is 1. The molecule has 0 aliphatic rings. The van der Waals surface area contributed by atoms with Crippen molar-refractivity contribution in [1.29, 1.82) is 0 Å². The average Bonchev–Trinajstić information content (AvgIpc) is 2.55. The van der Waals surface area contributed by atoms with Gasteiger partial charge < -0.3 is 14.4 Å². The summed E-state index contributed by atoms with van der Waals surface area (Å²) >= 11 is 0. The summed E-state index contributed by atoms with van der Waals surface area (Å²) in [5.41, 5.74) is 0.435. The fraction of sp³-hybridized carbons (Fsp3) is 0.250.